The molecule has 0 spiro atoms. The van der Waals surface area contributed by atoms with Crippen molar-refractivity contribution < 1.29 is 21.6 Å². The second-order valence-corrected chi connectivity index (χ2v) is 6.54. The summed E-state index contributed by atoms with van der Waals surface area (Å²) in [5.74, 6) is -0.338. The van der Waals surface area contributed by atoms with E-state index in [0.29, 0.717) is 5.56 Å². The molecule has 0 aromatic heterocycles. The van der Waals surface area contributed by atoms with Gasteiger partial charge in [0, 0.05) is 20.1 Å². The molecule has 0 aliphatic rings. The van der Waals surface area contributed by atoms with Crippen LogP contribution in [-0.4, -0.2) is 32.5 Å². The second kappa shape index (κ2) is 6.55. The summed E-state index contributed by atoms with van der Waals surface area (Å²) in [6.07, 6.45) is -5.53. The highest BCUT2D eigenvalue weighted by atomic mass is 32.2. The first kappa shape index (κ1) is 16.9. The molecule has 0 unspecified atom stereocenters. The molecule has 2 N–H and O–H groups in total. The molecule has 0 saturated heterocycles. The fourth-order valence-corrected chi connectivity index (χ4v) is 2.78. The number of nitrogens with zero attached hydrogens (tertiary/aromatic N) is 1. The Kier molecular flexibility index (Phi) is 5.55. The van der Waals surface area contributed by atoms with Crippen molar-refractivity contribution >= 4 is 10.0 Å². The lowest BCUT2D eigenvalue weighted by Gasteiger charge is -2.18. The quantitative estimate of drug-likeness (QED) is 0.872. The lowest BCUT2D eigenvalue weighted by Crippen LogP contribution is -2.31. The Hall–Kier alpha value is -1.12. The average molecular weight is 310 g/mol. The third kappa shape index (κ3) is 5.48. The Bertz CT molecular complexity index is 544. The lowest BCUT2D eigenvalue weighted by atomic mass is 10.1. The third-order valence-corrected chi connectivity index (χ3v) is 4.59. The van der Waals surface area contributed by atoms with Gasteiger partial charge in [-0.15, -0.1) is 0 Å². The van der Waals surface area contributed by atoms with Gasteiger partial charge in [0.25, 0.3) is 0 Å². The molecule has 0 saturated carbocycles. The molecule has 1 aromatic carbocycles. The van der Waals surface area contributed by atoms with E-state index in [0.717, 1.165) is 16.9 Å². The van der Waals surface area contributed by atoms with Crippen molar-refractivity contribution in [3.05, 3.63) is 35.4 Å². The van der Waals surface area contributed by atoms with Crippen molar-refractivity contribution in [3.8, 4) is 0 Å². The van der Waals surface area contributed by atoms with E-state index in [4.69, 9.17) is 5.73 Å². The first-order valence-electron chi connectivity index (χ1n) is 5.93. The minimum Gasteiger partial charge on any atom is -0.326 e. The van der Waals surface area contributed by atoms with Crippen molar-refractivity contribution in [1.82, 2.24) is 4.31 Å². The number of halogens is 3. The molecule has 0 atom stereocenters. The molecule has 0 fully saturated rings. The van der Waals surface area contributed by atoms with Gasteiger partial charge in [-0.1, -0.05) is 24.3 Å². The fraction of sp³-hybridized carbons (Fsp3) is 0.500. The van der Waals surface area contributed by atoms with Crippen LogP contribution in [0.4, 0.5) is 13.2 Å². The molecular weight excluding hydrogens is 293 g/mol. The minimum atomic E-state index is -4.37. The summed E-state index contributed by atoms with van der Waals surface area (Å²) in [7, 11) is -2.62. The van der Waals surface area contributed by atoms with E-state index >= 15 is 0 Å². The van der Waals surface area contributed by atoms with Gasteiger partial charge in [0.15, 0.2) is 0 Å². The summed E-state index contributed by atoms with van der Waals surface area (Å²) >= 11 is 0. The normalized spacial score (nSPS) is 12.9. The molecule has 0 aliphatic heterocycles. The highest BCUT2D eigenvalue weighted by Gasteiger charge is 2.29. The summed E-state index contributed by atoms with van der Waals surface area (Å²) in [4.78, 5) is 0. The average Bonchev–Trinajstić information content (AvgIpc) is 2.34. The van der Waals surface area contributed by atoms with Crippen LogP contribution in [0, 0.1) is 0 Å². The predicted octanol–water partition coefficient (Wildman–Crippen LogP) is 1.86. The van der Waals surface area contributed by atoms with Crippen LogP contribution >= 0.6 is 0 Å². The van der Waals surface area contributed by atoms with Crippen LogP contribution in [-0.2, 0) is 22.3 Å². The van der Waals surface area contributed by atoms with Crippen molar-refractivity contribution in [2.75, 3.05) is 13.6 Å². The van der Waals surface area contributed by atoms with E-state index < -0.39 is 29.2 Å². The van der Waals surface area contributed by atoms with E-state index in [1.165, 1.54) is 0 Å². The van der Waals surface area contributed by atoms with Gasteiger partial charge in [0.2, 0.25) is 10.0 Å². The van der Waals surface area contributed by atoms with Gasteiger partial charge in [0.1, 0.15) is 0 Å². The summed E-state index contributed by atoms with van der Waals surface area (Å²) in [5, 5.41) is 0. The first-order valence-corrected chi connectivity index (χ1v) is 7.53. The number of rotatable bonds is 6. The number of hydrogen-bond donors (Lipinski definition) is 1. The van der Waals surface area contributed by atoms with Crippen LogP contribution in [0.5, 0.6) is 0 Å². The molecule has 0 radical (unpaired) electrons. The Morgan fingerprint density at radius 2 is 1.85 bits per heavy atom. The van der Waals surface area contributed by atoms with Gasteiger partial charge in [-0.3, -0.25) is 0 Å². The van der Waals surface area contributed by atoms with Crippen molar-refractivity contribution in [3.63, 3.8) is 0 Å². The zero-order chi connectivity index (χ0) is 15.4. The SMILES string of the molecule is CN(CCC(F)(F)F)S(=O)(=O)Cc1cccc(CN)c1. The molecule has 0 heterocycles. The molecule has 0 aliphatic carbocycles. The molecule has 114 valence electrons. The van der Waals surface area contributed by atoms with Gasteiger partial charge in [0.05, 0.1) is 12.2 Å². The maximum absolute atomic E-state index is 12.1. The smallest absolute Gasteiger partial charge is 0.326 e. The Morgan fingerprint density at radius 1 is 1.25 bits per heavy atom. The Balaban J connectivity index is 2.73. The summed E-state index contributed by atoms with van der Waals surface area (Å²) in [5.41, 5.74) is 6.73. The number of benzene rings is 1. The van der Waals surface area contributed by atoms with Crippen LogP contribution in [0.2, 0.25) is 0 Å². The van der Waals surface area contributed by atoms with Gasteiger partial charge < -0.3 is 5.73 Å². The Labute approximate surface area is 116 Å². The number of sulfonamides is 1. The number of hydrogen-bond acceptors (Lipinski definition) is 3. The monoisotopic (exact) mass is 310 g/mol. The summed E-state index contributed by atoms with van der Waals surface area (Å²) in [6.45, 7) is -0.305. The van der Waals surface area contributed by atoms with Crippen molar-refractivity contribution in [1.29, 1.82) is 0 Å². The summed E-state index contributed by atoms with van der Waals surface area (Å²) < 4.78 is 60.9. The number of alkyl halides is 3. The van der Waals surface area contributed by atoms with Crippen molar-refractivity contribution in [2.24, 2.45) is 5.73 Å². The highest BCUT2D eigenvalue weighted by molar-refractivity contribution is 7.88. The molecule has 8 heteroatoms. The van der Waals surface area contributed by atoms with Crippen LogP contribution in [0.1, 0.15) is 17.5 Å². The van der Waals surface area contributed by atoms with Gasteiger partial charge in [-0.2, -0.15) is 13.2 Å². The molecule has 4 nitrogen and oxygen atoms in total. The Morgan fingerprint density at radius 3 is 2.40 bits per heavy atom. The standard InChI is InChI=1S/C12H17F3N2O2S/c1-17(6-5-12(13,14)15)20(18,19)9-11-4-2-3-10(7-11)8-16/h2-4,7H,5-6,8-9,16H2,1H3. The summed E-state index contributed by atoms with van der Waals surface area (Å²) in [6, 6.07) is 6.66. The van der Waals surface area contributed by atoms with Crippen LogP contribution in [0.25, 0.3) is 0 Å². The number of nitrogens with two attached hydrogens (primary N) is 1. The molecule has 1 aromatic rings. The van der Waals surface area contributed by atoms with Crippen LogP contribution in [0.3, 0.4) is 0 Å². The molecule has 0 bridgehead atoms. The van der Waals surface area contributed by atoms with Crippen LogP contribution in [0.15, 0.2) is 24.3 Å². The van der Waals surface area contributed by atoms with E-state index in [9.17, 15) is 21.6 Å². The van der Waals surface area contributed by atoms with Crippen molar-refractivity contribution in [2.45, 2.75) is 24.9 Å². The van der Waals surface area contributed by atoms with Gasteiger partial charge in [-0.25, -0.2) is 12.7 Å². The highest BCUT2D eigenvalue weighted by Crippen LogP contribution is 2.21. The predicted molar refractivity (Wildman–Crippen MR) is 70.3 cm³/mol. The zero-order valence-electron chi connectivity index (χ0n) is 11.0. The van der Waals surface area contributed by atoms with Gasteiger partial charge in [-0.05, 0) is 11.1 Å². The minimum absolute atomic E-state index is 0.276. The van der Waals surface area contributed by atoms with Gasteiger partial charge >= 0.3 is 6.18 Å². The zero-order valence-corrected chi connectivity index (χ0v) is 11.8. The van der Waals surface area contributed by atoms with E-state index in [1.54, 1.807) is 24.3 Å². The second-order valence-electron chi connectivity index (χ2n) is 4.47. The third-order valence-electron chi connectivity index (χ3n) is 2.76. The maximum atomic E-state index is 12.1. The molecule has 1 rings (SSSR count). The molecule has 0 amide bonds. The molecule has 20 heavy (non-hydrogen) atoms. The first-order chi connectivity index (χ1) is 9.14. The van der Waals surface area contributed by atoms with Crippen LogP contribution < -0.4 is 5.73 Å². The van der Waals surface area contributed by atoms with E-state index in [1.807, 2.05) is 0 Å². The topological polar surface area (TPSA) is 63.4 Å². The molecular formula is C12H17F3N2O2S. The van der Waals surface area contributed by atoms with E-state index in [2.05, 4.69) is 0 Å². The largest absolute Gasteiger partial charge is 0.390 e. The maximum Gasteiger partial charge on any atom is 0.390 e. The van der Waals surface area contributed by atoms with E-state index in [-0.39, 0.29) is 12.3 Å². The fourth-order valence-electron chi connectivity index (χ4n) is 1.59. The lowest BCUT2D eigenvalue weighted by molar-refractivity contribution is -0.135.